The molecule has 1 aliphatic rings. The molecule has 138 valence electrons. The summed E-state index contributed by atoms with van der Waals surface area (Å²) in [6.45, 7) is 1.35. The fourth-order valence-corrected chi connectivity index (χ4v) is 2.54. The van der Waals surface area contributed by atoms with Crippen LogP contribution in [0.15, 0.2) is 18.2 Å². The van der Waals surface area contributed by atoms with Crippen LogP contribution in [0.25, 0.3) is 0 Å². The Morgan fingerprint density at radius 1 is 1.44 bits per heavy atom. The highest BCUT2D eigenvalue weighted by Crippen LogP contribution is 2.26. The van der Waals surface area contributed by atoms with Gasteiger partial charge in [-0.3, -0.25) is 14.9 Å². The van der Waals surface area contributed by atoms with E-state index >= 15 is 0 Å². The van der Waals surface area contributed by atoms with Crippen molar-refractivity contribution in [2.75, 3.05) is 39.2 Å². The van der Waals surface area contributed by atoms with Crippen LogP contribution in [0.2, 0.25) is 0 Å². The van der Waals surface area contributed by atoms with Gasteiger partial charge >= 0.3 is 0 Å². The number of benzene rings is 1. The molecule has 25 heavy (non-hydrogen) atoms. The average Bonchev–Trinajstić information content (AvgIpc) is 3.14. The lowest BCUT2D eigenvalue weighted by Crippen LogP contribution is -2.34. The number of ether oxygens (including phenoxy) is 3. The molecule has 1 atom stereocenters. The van der Waals surface area contributed by atoms with Crippen LogP contribution in [0.5, 0.6) is 0 Å². The van der Waals surface area contributed by atoms with E-state index in [1.54, 1.807) is 0 Å². The minimum absolute atomic E-state index is 0.0580. The largest absolute Gasteiger partial charge is 0.377 e. The third-order valence-corrected chi connectivity index (χ3v) is 3.96. The number of amides is 1. The quantitative estimate of drug-likeness (QED) is 0.393. The second kappa shape index (κ2) is 9.30. The number of methoxy groups -OCH3 is 2. The highest BCUT2D eigenvalue weighted by Gasteiger charge is 2.20. The van der Waals surface area contributed by atoms with Gasteiger partial charge in [0.25, 0.3) is 11.6 Å². The van der Waals surface area contributed by atoms with Crippen LogP contribution >= 0.6 is 0 Å². The topological polar surface area (TPSA) is 112 Å². The molecule has 9 nitrogen and oxygen atoms in total. The number of carbonyl (C=O) groups excluding carboxylic acids is 1. The zero-order valence-corrected chi connectivity index (χ0v) is 14.3. The molecule has 1 unspecified atom stereocenters. The van der Waals surface area contributed by atoms with Gasteiger partial charge in [0.05, 0.1) is 17.6 Å². The van der Waals surface area contributed by atoms with Crippen LogP contribution in [0.4, 0.5) is 11.4 Å². The molecule has 1 saturated heterocycles. The predicted octanol–water partition coefficient (Wildman–Crippen LogP) is 1.53. The minimum Gasteiger partial charge on any atom is -0.377 e. The number of nitrogens with one attached hydrogen (secondary N) is 2. The van der Waals surface area contributed by atoms with Crippen LogP contribution in [0.3, 0.4) is 0 Å². The number of hydrogen-bond donors (Lipinski definition) is 2. The van der Waals surface area contributed by atoms with Crippen molar-refractivity contribution in [2.45, 2.75) is 25.2 Å². The average molecular weight is 353 g/mol. The van der Waals surface area contributed by atoms with Crippen molar-refractivity contribution in [2.24, 2.45) is 0 Å². The van der Waals surface area contributed by atoms with Gasteiger partial charge in [-0.15, -0.1) is 0 Å². The first kappa shape index (κ1) is 19.1. The van der Waals surface area contributed by atoms with E-state index in [0.29, 0.717) is 12.2 Å². The summed E-state index contributed by atoms with van der Waals surface area (Å²) in [5.41, 5.74) is 0.407. The molecular weight excluding hydrogens is 330 g/mol. The van der Waals surface area contributed by atoms with Gasteiger partial charge in [0.15, 0.2) is 6.29 Å². The number of anilines is 1. The molecule has 1 aromatic rings. The standard InChI is InChI=1S/C16H23N3O6/c1-23-15(24-2)10-18-16(20)11-5-6-13(14(8-11)19(21)22)17-9-12-4-3-7-25-12/h5-6,8,12,15,17H,3-4,7,9-10H2,1-2H3,(H,18,20). The maximum absolute atomic E-state index is 12.1. The van der Waals surface area contributed by atoms with Crippen molar-refractivity contribution in [3.8, 4) is 0 Å². The van der Waals surface area contributed by atoms with E-state index in [2.05, 4.69) is 10.6 Å². The van der Waals surface area contributed by atoms with Crippen molar-refractivity contribution in [1.82, 2.24) is 5.32 Å². The summed E-state index contributed by atoms with van der Waals surface area (Å²) in [7, 11) is 2.92. The molecule has 2 rings (SSSR count). The third kappa shape index (κ3) is 5.38. The Kier molecular flexibility index (Phi) is 7.11. The zero-order valence-electron chi connectivity index (χ0n) is 14.3. The summed E-state index contributed by atoms with van der Waals surface area (Å²) < 4.78 is 15.5. The van der Waals surface area contributed by atoms with E-state index in [-0.39, 0.29) is 23.9 Å². The highest BCUT2D eigenvalue weighted by atomic mass is 16.7. The Morgan fingerprint density at radius 3 is 2.80 bits per heavy atom. The maximum Gasteiger partial charge on any atom is 0.293 e. The van der Waals surface area contributed by atoms with E-state index in [1.807, 2.05) is 0 Å². The molecule has 0 aliphatic carbocycles. The van der Waals surface area contributed by atoms with Gasteiger partial charge in [-0.05, 0) is 25.0 Å². The number of nitro groups is 1. The molecule has 2 N–H and O–H groups in total. The second-order valence-electron chi connectivity index (χ2n) is 5.62. The lowest BCUT2D eigenvalue weighted by Gasteiger charge is -2.15. The lowest BCUT2D eigenvalue weighted by atomic mass is 10.1. The fourth-order valence-electron chi connectivity index (χ4n) is 2.54. The van der Waals surface area contributed by atoms with Crippen LogP contribution in [0, 0.1) is 10.1 Å². The minimum atomic E-state index is -0.578. The maximum atomic E-state index is 12.1. The summed E-state index contributed by atoms with van der Waals surface area (Å²) in [4.78, 5) is 23.0. The number of nitrogens with zero attached hydrogens (tertiary/aromatic N) is 1. The lowest BCUT2D eigenvalue weighted by molar-refractivity contribution is -0.384. The van der Waals surface area contributed by atoms with Gasteiger partial charge in [-0.2, -0.15) is 0 Å². The van der Waals surface area contributed by atoms with Crippen molar-refractivity contribution >= 4 is 17.3 Å². The molecular formula is C16H23N3O6. The normalized spacial score (nSPS) is 16.8. The van der Waals surface area contributed by atoms with Gasteiger partial charge in [-0.1, -0.05) is 0 Å². The third-order valence-electron chi connectivity index (χ3n) is 3.96. The van der Waals surface area contributed by atoms with Gasteiger partial charge < -0.3 is 24.8 Å². The molecule has 9 heteroatoms. The van der Waals surface area contributed by atoms with Crippen LogP contribution in [-0.2, 0) is 14.2 Å². The Bertz CT molecular complexity index is 600. The molecule has 1 heterocycles. The highest BCUT2D eigenvalue weighted by molar-refractivity contribution is 5.95. The molecule has 1 aliphatic heterocycles. The Labute approximate surface area is 145 Å². The smallest absolute Gasteiger partial charge is 0.293 e. The van der Waals surface area contributed by atoms with Gasteiger partial charge in [0.2, 0.25) is 0 Å². The van der Waals surface area contributed by atoms with Gasteiger partial charge in [-0.25, -0.2) is 0 Å². The van der Waals surface area contributed by atoms with Crippen molar-refractivity contribution in [3.63, 3.8) is 0 Å². The SMILES string of the molecule is COC(CNC(=O)c1ccc(NCC2CCCO2)c([N+](=O)[O-])c1)OC. The Morgan fingerprint density at radius 2 is 2.20 bits per heavy atom. The monoisotopic (exact) mass is 353 g/mol. The molecule has 0 spiro atoms. The zero-order chi connectivity index (χ0) is 18.2. The fraction of sp³-hybridized carbons (Fsp3) is 0.562. The van der Waals surface area contributed by atoms with Crippen molar-refractivity contribution < 1.29 is 23.9 Å². The van der Waals surface area contributed by atoms with Gasteiger partial charge in [0, 0.05) is 39.0 Å². The summed E-state index contributed by atoms with van der Waals surface area (Å²) in [6.07, 6.45) is 1.41. The van der Waals surface area contributed by atoms with Crippen molar-refractivity contribution in [3.05, 3.63) is 33.9 Å². The van der Waals surface area contributed by atoms with E-state index in [9.17, 15) is 14.9 Å². The molecule has 0 bridgehead atoms. The molecule has 0 saturated carbocycles. The van der Waals surface area contributed by atoms with Crippen LogP contribution in [0.1, 0.15) is 23.2 Å². The van der Waals surface area contributed by atoms with E-state index in [1.165, 1.54) is 32.4 Å². The first-order valence-electron chi connectivity index (χ1n) is 8.03. The van der Waals surface area contributed by atoms with Crippen molar-refractivity contribution in [1.29, 1.82) is 0 Å². The molecule has 0 aromatic heterocycles. The van der Waals surface area contributed by atoms with Crippen LogP contribution < -0.4 is 10.6 Å². The Balaban J connectivity index is 2.03. The predicted molar refractivity (Wildman–Crippen MR) is 90.7 cm³/mol. The first-order chi connectivity index (χ1) is 12.0. The molecule has 1 amide bonds. The number of rotatable bonds is 9. The first-order valence-corrected chi connectivity index (χ1v) is 8.03. The molecule has 0 radical (unpaired) electrons. The summed E-state index contributed by atoms with van der Waals surface area (Å²) in [5, 5.41) is 17.0. The number of nitro benzene ring substituents is 1. The van der Waals surface area contributed by atoms with Gasteiger partial charge in [0.1, 0.15) is 5.69 Å². The van der Waals surface area contributed by atoms with E-state index in [4.69, 9.17) is 14.2 Å². The summed E-state index contributed by atoms with van der Waals surface area (Å²) in [6, 6.07) is 4.32. The summed E-state index contributed by atoms with van der Waals surface area (Å²) >= 11 is 0. The van der Waals surface area contributed by atoms with Crippen LogP contribution in [-0.4, -0.2) is 57.1 Å². The van der Waals surface area contributed by atoms with E-state index < -0.39 is 17.1 Å². The molecule has 1 fully saturated rings. The Hall–Kier alpha value is -2.23. The van der Waals surface area contributed by atoms with E-state index in [0.717, 1.165) is 19.4 Å². The molecule has 1 aromatic carbocycles. The number of carbonyl (C=O) groups is 1. The second-order valence-corrected chi connectivity index (χ2v) is 5.62. The summed E-state index contributed by atoms with van der Waals surface area (Å²) in [5.74, 6) is -0.437. The number of hydrogen-bond acceptors (Lipinski definition) is 7.